The zero-order valence-electron chi connectivity index (χ0n) is 18.4. The van der Waals surface area contributed by atoms with Crippen LogP contribution in [0.5, 0.6) is 0 Å². The van der Waals surface area contributed by atoms with Crippen LogP contribution in [0.4, 0.5) is 18.9 Å². The highest BCUT2D eigenvalue weighted by molar-refractivity contribution is 7.99. The molecule has 0 saturated carbocycles. The number of benzene rings is 2. The minimum atomic E-state index is -4.52. The van der Waals surface area contributed by atoms with E-state index in [2.05, 4.69) is 15.5 Å². The number of carbonyl (C=O) groups is 1. The van der Waals surface area contributed by atoms with Gasteiger partial charge < -0.3 is 5.32 Å². The van der Waals surface area contributed by atoms with Crippen LogP contribution in [0.3, 0.4) is 0 Å². The van der Waals surface area contributed by atoms with Gasteiger partial charge >= 0.3 is 6.18 Å². The summed E-state index contributed by atoms with van der Waals surface area (Å²) < 4.78 is 41.3. The van der Waals surface area contributed by atoms with E-state index in [1.54, 1.807) is 6.92 Å². The van der Waals surface area contributed by atoms with Crippen molar-refractivity contribution < 1.29 is 22.9 Å². The lowest BCUT2D eigenvalue weighted by atomic mass is 10.1. The van der Waals surface area contributed by atoms with Crippen LogP contribution in [0.2, 0.25) is 0 Å². The summed E-state index contributed by atoms with van der Waals surface area (Å²) in [5, 5.41) is 22.4. The Hall–Kier alpha value is -3.41. The summed E-state index contributed by atoms with van der Waals surface area (Å²) in [5.74, 6) is 0.350. The van der Waals surface area contributed by atoms with Gasteiger partial charge in [-0.1, -0.05) is 37.2 Å². The average Bonchev–Trinajstić information content (AvgIpc) is 3.20. The van der Waals surface area contributed by atoms with E-state index < -0.39 is 22.6 Å². The highest BCUT2D eigenvalue weighted by Crippen LogP contribution is 2.32. The molecular formula is C22H22F3N5O3S. The van der Waals surface area contributed by atoms with Crippen LogP contribution in [0, 0.1) is 17.0 Å². The van der Waals surface area contributed by atoms with Gasteiger partial charge in [-0.2, -0.15) is 13.2 Å². The minimum Gasteiger partial charge on any atom is -0.345 e. The molecule has 12 heteroatoms. The molecule has 3 aromatic rings. The number of thioether (sulfide) groups is 1. The normalized spacial score (nSPS) is 11.4. The predicted molar refractivity (Wildman–Crippen MR) is 121 cm³/mol. The lowest BCUT2D eigenvalue weighted by Crippen LogP contribution is -2.25. The molecule has 1 heterocycles. The summed E-state index contributed by atoms with van der Waals surface area (Å²) in [5.41, 5.74) is -0.284. The molecular weight excluding hydrogens is 471 g/mol. The van der Waals surface area contributed by atoms with Crippen LogP contribution in [-0.2, 0) is 12.7 Å². The van der Waals surface area contributed by atoms with Gasteiger partial charge in [0.2, 0.25) is 0 Å². The number of nitrogens with one attached hydrogen (secondary N) is 1. The highest BCUT2D eigenvalue weighted by atomic mass is 32.2. The van der Waals surface area contributed by atoms with E-state index in [9.17, 15) is 28.1 Å². The second kappa shape index (κ2) is 10.7. The molecule has 1 aromatic heterocycles. The molecule has 180 valence electrons. The topological polar surface area (TPSA) is 103 Å². The fourth-order valence-corrected chi connectivity index (χ4v) is 4.16. The summed E-state index contributed by atoms with van der Waals surface area (Å²) in [6.07, 6.45) is -2.69. The standard InChI is InChI=1S/C22H22F3N5O3S/c1-3-4-10-34-21-28-27-19(29(21)17-7-5-6-16(12-17)22(23,24)25)13-26-20(31)15-9-8-14(2)18(11-15)30(32)33/h5-9,11-12H,3-4,10,13H2,1-2H3,(H,26,31). The summed E-state index contributed by atoms with van der Waals surface area (Å²) >= 11 is 1.36. The van der Waals surface area contributed by atoms with Gasteiger partial charge in [-0.05, 0) is 37.6 Å². The SMILES string of the molecule is CCCCSc1nnc(CNC(=O)c2ccc(C)c([N+](=O)[O-])c2)n1-c1cccc(C(F)(F)F)c1. The molecule has 0 aliphatic carbocycles. The first-order valence-corrected chi connectivity index (χ1v) is 11.4. The van der Waals surface area contributed by atoms with Gasteiger partial charge in [-0.25, -0.2) is 0 Å². The first kappa shape index (κ1) is 25.2. The van der Waals surface area contributed by atoms with Crippen LogP contribution >= 0.6 is 11.8 Å². The smallest absolute Gasteiger partial charge is 0.345 e. The zero-order chi connectivity index (χ0) is 24.9. The zero-order valence-corrected chi connectivity index (χ0v) is 19.2. The highest BCUT2D eigenvalue weighted by Gasteiger charge is 2.31. The van der Waals surface area contributed by atoms with Crippen molar-refractivity contribution >= 4 is 23.4 Å². The van der Waals surface area contributed by atoms with E-state index in [1.165, 1.54) is 46.7 Å². The minimum absolute atomic E-state index is 0.0833. The number of alkyl halides is 3. The van der Waals surface area contributed by atoms with Gasteiger partial charge in [0.25, 0.3) is 11.6 Å². The van der Waals surface area contributed by atoms with Gasteiger partial charge in [0.15, 0.2) is 11.0 Å². The van der Waals surface area contributed by atoms with E-state index in [0.29, 0.717) is 16.5 Å². The van der Waals surface area contributed by atoms with Gasteiger partial charge in [0.05, 0.1) is 22.7 Å². The molecule has 0 radical (unpaired) electrons. The Morgan fingerprint density at radius 3 is 2.65 bits per heavy atom. The Bertz CT molecular complexity index is 1200. The van der Waals surface area contributed by atoms with Crippen LogP contribution < -0.4 is 5.32 Å². The van der Waals surface area contributed by atoms with Crippen molar-refractivity contribution in [1.82, 2.24) is 20.1 Å². The van der Waals surface area contributed by atoms with Crippen molar-refractivity contribution in [3.8, 4) is 5.69 Å². The lowest BCUT2D eigenvalue weighted by Gasteiger charge is -2.13. The van der Waals surface area contributed by atoms with Crippen LogP contribution in [0.25, 0.3) is 5.69 Å². The monoisotopic (exact) mass is 493 g/mol. The van der Waals surface area contributed by atoms with Crippen molar-refractivity contribution in [3.63, 3.8) is 0 Å². The Morgan fingerprint density at radius 1 is 1.21 bits per heavy atom. The number of unbranched alkanes of at least 4 members (excludes halogenated alkanes) is 1. The number of nitro groups is 1. The van der Waals surface area contributed by atoms with Gasteiger partial charge in [-0.15, -0.1) is 10.2 Å². The third-order valence-corrected chi connectivity index (χ3v) is 5.95. The van der Waals surface area contributed by atoms with Crippen LogP contribution in [0.1, 0.15) is 47.1 Å². The lowest BCUT2D eigenvalue weighted by molar-refractivity contribution is -0.385. The molecule has 0 atom stereocenters. The molecule has 2 aromatic carbocycles. The third-order valence-electron chi connectivity index (χ3n) is 4.94. The first-order valence-electron chi connectivity index (χ1n) is 10.4. The molecule has 0 bridgehead atoms. The van der Waals surface area contributed by atoms with Crippen LogP contribution in [0.15, 0.2) is 47.6 Å². The fourth-order valence-electron chi connectivity index (χ4n) is 3.11. The molecule has 0 unspecified atom stereocenters. The third kappa shape index (κ3) is 5.93. The number of nitro benzene ring substituents is 1. The number of amides is 1. The Kier molecular flexibility index (Phi) is 7.92. The van der Waals surface area contributed by atoms with Crippen molar-refractivity contribution in [1.29, 1.82) is 0 Å². The summed E-state index contributed by atoms with van der Waals surface area (Å²) in [4.78, 5) is 23.2. The van der Waals surface area contributed by atoms with E-state index in [-0.39, 0.29) is 29.3 Å². The van der Waals surface area contributed by atoms with Crippen molar-refractivity contribution in [2.24, 2.45) is 0 Å². The number of hydrogen-bond donors (Lipinski definition) is 1. The number of aromatic nitrogens is 3. The van der Waals surface area contributed by atoms with Gasteiger partial charge in [-0.3, -0.25) is 19.5 Å². The van der Waals surface area contributed by atoms with E-state index in [1.807, 2.05) is 6.92 Å². The Labute approximate surface area is 197 Å². The number of halogens is 3. The number of aryl methyl sites for hydroxylation is 1. The largest absolute Gasteiger partial charge is 0.416 e. The summed E-state index contributed by atoms with van der Waals surface area (Å²) in [6.45, 7) is 3.45. The van der Waals surface area contributed by atoms with E-state index >= 15 is 0 Å². The molecule has 0 aliphatic heterocycles. The Balaban J connectivity index is 1.89. The van der Waals surface area contributed by atoms with Crippen molar-refractivity contribution in [2.45, 2.75) is 44.6 Å². The van der Waals surface area contributed by atoms with Crippen LogP contribution in [-0.4, -0.2) is 31.3 Å². The van der Waals surface area contributed by atoms with E-state index in [0.717, 1.165) is 25.0 Å². The quantitative estimate of drug-likeness (QED) is 0.187. The molecule has 1 N–H and O–H groups in total. The van der Waals surface area contributed by atoms with E-state index in [4.69, 9.17) is 0 Å². The number of hydrogen-bond acceptors (Lipinski definition) is 6. The fraction of sp³-hybridized carbons (Fsp3) is 0.318. The van der Waals surface area contributed by atoms with Gasteiger partial charge in [0, 0.05) is 22.9 Å². The molecule has 0 aliphatic rings. The predicted octanol–water partition coefficient (Wildman–Crippen LogP) is 5.32. The van der Waals surface area contributed by atoms with Crippen molar-refractivity contribution in [2.75, 3.05) is 5.75 Å². The maximum atomic E-state index is 13.3. The average molecular weight is 494 g/mol. The molecule has 3 rings (SSSR count). The summed E-state index contributed by atoms with van der Waals surface area (Å²) in [6, 6.07) is 8.89. The molecule has 0 spiro atoms. The van der Waals surface area contributed by atoms with Crippen molar-refractivity contribution in [3.05, 3.63) is 75.1 Å². The molecule has 8 nitrogen and oxygen atoms in total. The number of nitrogens with zero attached hydrogens (tertiary/aromatic N) is 4. The molecule has 0 fully saturated rings. The molecule has 1 amide bonds. The second-order valence-electron chi connectivity index (χ2n) is 7.43. The summed E-state index contributed by atoms with van der Waals surface area (Å²) in [7, 11) is 0. The number of rotatable bonds is 9. The van der Waals surface area contributed by atoms with Gasteiger partial charge in [0.1, 0.15) is 0 Å². The molecule has 0 saturated heterocycles. The molecule has 34 heavy (non-hydrogen) atoms. The maximum Gasteiger partial charge on any atom is 0.416 e. The maximum absolute atomic E-state index is 13.3. The Morgan fingerprint density at radius 2 is 1.97 bits per heavy atom. The number of carbonyl (C=O) groups excluding carboxylic acids is 1. The first-order chi connectivity index (χ1) is 16.1. The second-order valence-corrected chi connectivity index (χ2v) is 8.49.